The minimum absolute atomic E-state index is 0.0318. The fourth-order valence-corrected chi connectivity index (χ4v) is 9.80. The van der Waals surface area contributed by atoms with Crippen LogP contribution in [0.2, 0.25) is 0 Å². The van der Waals surface area contributed by atoms with Gasteiger partial charge in [0.1, 0.15) is 6.04 Å². The van der Waals surface area contributed by atoms with Crippen LogP contribution in [0, 0.1) is 46.3 Å². The SMILES string of the molecule is C[C@H](CCC(=O)N[C@@H](CCCN=C(N)N)C(=O)O)[C@H]1CC[C@H]2[C@@H]3[C@H](O)[C@@H](O)[C@@H]4C[C@H](O)CC[C@]4(C)[C@H]3CC[C@]12C. The standard InChI is InChI=1S/C30H52N4O6/c1-16(6-9-23(36)34-22(27(39)40)5-4-14-33-28(31)32)18-7-8-19-24-20(11-13-29(18,19)2)30(3)12-10-17(35)15-21(30)25(37)26(24)38/h16-22,24-26,35,37-38H,4-15H2,1-3H3,(H,34,36)(H,39,40)(H4,31,32,33)/t16-,17-,18-,19+,20+,21+,22+,24+,25+,26+,29-,30-/m1/s1. The Morgan fingerprint density at radius 1 is 0.950 bits per heavy atom. The first-order valence-electron chi connectivity index (χ1n) is 15.4. The Kier molecular flexibility index (Phi) is 9.42. The molecular weight excluding hydrogens is 512 g/mol. The molecule has 0 heterocycles. The Bertz CT molecular complexity index is 958. The number of nitrogens with one attached hydrogen (secondary N) is 1. The Hall–Kier alpha value is -1.91. The number of nitrogens with zero attached hydrogens (tertiary/aromatic N) is 1. The Morgan fingerprint density at radius 2 is 1.62 bits per heavy atom. The summed E-state index contributed by atoms with van der Waals surface area (Å²) in [4.78, 5) is 28.2. The Labute approximate surface area is 238 Å². The summed E-state index contributed by atoms with van der Waals surface area (Å²) in [7, 11) is 0. The van der Waals surface area contributed by atoms with Gasteiger partial charge in [0.25, 0.3) is 0 Å². The van der Waals surface area contributed by atoms with E-state index in [9.17, 15) is 30.0 Å². The van der Waals surface area contributed by atoms with Crippen molar-refractivity contribution in [2.24, 2.45) is 62.8 Å². The summed E-state index contributed by atoms with van der Waals surface area (Å²) < 4.78 is 0. The summed E-state index contributed by atoms with van der Waals surface area (Å²) in [5.74, 6) is -0.00854. The van der Waals surface area contributed by atoms with Crippen LogP contribution in [-0.4, -0.2) is 69.2 Å². The van der Waals surface area contributed by atoms with Crippen LogP contribution in [0.3, 0.4) is 0 Å². The van der Waals surface area contributed by atoms with Crippen LogP contribution in [0.1, 0.15) is 91.4 Å². The summed E-state index contributed by atoms with van der Waals surface area (Å²) in [5.41, 5.74) is 10.6. The first kappa shape index (κ1) is 31.0. The third-order valence-corrected chi connectivity index (χ3v) is 11.9. The quantitative estimate of drug-likeness (QED) is 0.119. The van der Waals surface area contributed by atoms with Gasteiger partial charge in [-0.2, -0.15) is 0 Å². The molecule has 4 saturated carbocycles. The molecule has 0 radical (unpaired) electrons. The molecule has 40 heavy (non-hydrogen) atoms. The van der Waals surface area contributed by atoms with Crippen molar-refractivity contribution in [2.75, 3.05) is 6.54 Å². The van der Waals surface area contributed by atoms with Gasteiger partial charge in [-0.15, -0.1) is 0 Å². The van der Waals surface area contributed by atoms with E-state index in [1.165, 1.54) is 0 Å². The van der Waals surface area contributed by atoms with Gasteiger partial charge in [0.15, 0.2) is 5.96 Å². The molecule has 0 aromatic rings. The Balaban J connectivity index is 1.37. The molecular formula is C30H52N4O6. The van der Waals surface area contributed by atoms with Crippen molar-refractivity contribution in [2.45, 2.75) is 116 Å². The van der Waals surface area contributed by atoms with Gasteiger partial charge < -0.3 is 37.2 Å². The lowest BCUT2D eigenvalue weighted by Crippen LogP contribution is -2.64. The molecule has 0 bridgehead atoms. The van der Waals surface area contributed by atoms with E-state index in [0.717, 1.165) is 38.5 Å². The molecule has 228 valence electrons. The fourth-order valence-electron chi connectivity index (χ4n) is 9.80. The Morgan fingerprint density at radius 3 is 2.30 bits per heavy atom. The zero-order valence-electron chi connectivity index (χ0n) is 24.5. The summed E-state index contributed by atoms with van der Waals surface area (Å²) in [6, 6.07) is -0.967. The van der Waals surface area contributed by atoms with Crippen molar-refractivity contribution in [3.8, 4) is 0 Å². The smallest absolute Gasteiger partial charge is 0.326 e. The van der Waals surface area contributed by atoms with E-state index in [2.05, 4.69) is 31.1 Å². The van der Waals surface area contributed by atoms with Gasteiger partial charge in [-0.3, -0.25) is 9.79 Å². The summed E-state index contributed by atoms with van der Waals surface area (Å²) in [5, 5.41) is 45.2. The second-order valence-electron chi connectivity index (χ2n) is 14.0. The van der Waals surface area contributed by atoms with Crippen LogP contribution >= 0.6 is 0 Å². The summed E-state index contributed by atoms with van der Waals surface area (Å²) in [6.07, 6.45) is 6.08. The van der Waals surface area contributed by atoms with Gasteiger partial charge in [0.05, 0.1) is 18.3 Å². The van der Waals surface area contributed by atoms with Gasteiger partial charge >= 0.3 is 5.97 Å². The molecule has 0 spiro atoms. The van der Waals surface area contributed by atoms with Gasteiger partial charge in [-0.1, -0.05) is 20.8 Å². The number of aliphatic carboxylic acids is 1. The van der Waals surface area contributed by atoms with E-state index in [1.807, 2.05) is 0 Å². The van der Waals surface area contributed by atoms with Crippen molar-refractivity contribution in [3.63, 3.8) is 0 Å². The molecule has 4 aliphatic carbocycles. The van der Waals surface area contributed by atoms with Crippen molar-refractivity contribution in [1.82, 2.24) is 5.32 Å². The van der Waals surface area contributed by atoms with Crippen molar-refractivity contribution < 1.29 is 30.0 Å². The highest BCUT2D eigenvalue weighted by molar-refractivity contribution is 5.83. The lowest BCUT2D eigenvalue weighted by molar-refractivity contribution is -0.223. The molecule has 0 aromatic heterocycles. The molecule has 0 saturated heterocycles. The number of carbonyl (C=O) groups is 2. The minimum atomic E-state index is -1.06. The normalized spacial score (nSPS) is 42.0. The van der Waals surface area contributed by atoms with E-state index in [-0.39, 0.29) is 53.3 Å². The average Bonchev–Trinajstić information content (AvgIpc) is 3.25. The number of carboxylic acids is 1. The van der Waals surface area contributed by atoms with E-state index >= 15 is 0 Å². The van der Waals surface area contributed by atoms with Gasteiger partial charge in [0.2, 0.25) is 5.91 Å². The van der Waals surface area contributed by atoms with Gasteiger partial charge in [0, 0.05) is 13.0 Å². The monoisotopic (exact) mass is 564 g/mol. The molecule has 4 aliphatic rings. The number of aliphatic imine (C=N–C) groups is 1. The van der Waals surface area contributed by atoms with Crippen molar-refractivity contribution in [1.29, 1.82) is 0 Å². The number of nitrogens with two attached hydrogens (primary N) is 2. The van der Waals surface area contributed by atoms with Crippen LogP contribution in [-0.2, 0) is 9.59 Å². The lowest BCUT2D eigenvalue weighted by Gasteiger charge is -2.63. The first-order valence-corrected chi connectivity index (χ1v) is 15.4. The van der Waals surface area contributed by atoms with Crippen LogP contribution in [0.4, 0.5) is 0 Å². The highest BCUT2D eigenvalue weighted by Crippen LogP contribution is 2.68. The number of fused-ring (bicyclic) bond motifs is 5. The third kappa shape index (κ3) is 5.86. The zero-order valence-corrected chi connectivity index (χ0v) is 24.5. The number of aliphatic hydroxyl groups is 3. The number of rotatable bonds is 10. The molecule has 10 nitrogen and oxygen atoms in total. The summed E-state index contributed by atoms with van der Waals surface area (Å²) >= 11 is 0. The molecule has 12 atom stereocenters. The number of amides is 1. The van der Waals surface area contributed by atoms with Crippen LogP contribution in [0.15, 0.2) is 4.99 Å². The molecule has 4 rings (SSSR count). The second kappa shape index (κ2) is 12.1. The highest BCUT2D eigenvalue weighted by Gasteiger charge is 2.65. The number of hydrogen-bond acceptors (Lipinski definition) is 6. The summed E-state index contributed by atoms with van der Waals surface area (Å²) in [6.45, 7) is 7.17. The fraction of sp³-hybridized carbons (Fsp3) is 0.900. The predicted molar refractivity (Wildman–Crippen MR) is 152 cm³/mol. The highest BCUT2D eigenvalue weighted by atomic mass is 16.4. The second-order valence-corrected chi connectivity index (χ2v) is 14.0. The number of aliphatic hydroxyl groups excluding tert-OH is 3. The van der Waals surface area contributed by atoms with Crippen molar-refractivity contribution in [3.05, 3.63) is 0 Å². The zero-order chi connectivity index (χ0) is 29.4. The third-order valence-electron chi connectivity index (χ3n) is 11.9. The predicted octanol–water partition coefficient (Wildman–Crippen LogP) is 1.99. The van der Waals surface area contributed by atoms with Gasteiger partial charge in [-0.25, -0.2) is 4.79 Å². The maximum Gasteiger partial charge on any atom is 0.326 e. The first-order chi connectivity index (χ1) is 18.8. The van der Waals surface area contributed by atoms with E-state index in [1.54, 1.807) is 0 Å². The average molecular weight is 565 g/mol. The molecule has 9 N–H and O–H groups in total. The van der Waals surface area contributed by atoms with E-state index in [0.29, 0.717) is 43.6 Å². The van der Waals surface area contributed by atoms with Crippen LogP contribution in [0.5, 0.6) is 0 Å². The maximum absolute atomic E-state index is 12.7. The van der Waals surface area contributed by atoms with Gasteiger partial charge in [-0.05, 0) is 111 Å². The molecule has 10 heteroatoms. The van der Waals surface area contributed by atoms with Crippen LogP contribution in [0.25, 0.3) is 0 Å². The molecule has 1 amide bonds. The molecule has 0 aliphatic heterocycles. The number of carboxylic acid groups (broad SMARTS) is 1. The topological polar surface area (TPSA) is 191 Å². The maximum atomic E-state index is 12.7. The van der Waals surface area contributed by atoms with Crippen LogP contribution < -0.4 is 16.8 Å². The van der Waals surface area contributed by atoms with E-state index in [4.69, 9.17) is 11.5 Å². The lowest BCUT2D eigenvalue weighted by atomic mass is 9.43. The number of carbonyl (C=O) groups excluding carboxylic acids is 1. The number of hydrogen-bond donors (Lipinski definition) is 7. The number of guanidine groups is 1. The molecule has 0 unspecified atom stereocenters. The molecule has 4 fully saturated rings. The van der Waals surface area contributed by atoms with Crippen molar-refractivity contribution >= 4 is 17.8 Å². The largest absolute Gasteiger partial charge is 0.480 e. The minimum Gasteiger partial charge on any atom is -0.480 e. The molecule has 0 aromatic carbocycles. The van der Waals surface area contributed by atoms with E-state index < -0.39 is 30.3 Å².